The largest absolute Gasteiger partial charge is 0.377 e. The van der Waals surface area contributed by atoms with Gasteiger partial charge >= 0.3 is 0 Å². The fourth-order valence-electron chi connectivity index (χ4n) is 4.62. The summed E-state index contributed by atoms with van der Waals surface area (Å²) >= 11 is 0. The van der Waals surface area contributed by atoms with Crippen molar-refractivity contribution in [1.29, 1.82) is 0 Å². The minimum absolute atomic E-state index is 0.138. The molecule has 0 bridgehead atoms. The third kappa shape index (κ3) is 3.11. The molecule has 2 aromatic heterocycles. The molecule has 152 valence electrons. The number of hydrogen-bond acceptors (Lipinski definition) is 5. The second kappa shape index (κ2) is 7.50. The van der Waals surface area contributed by atoms with Gasteiger partial charge in [-0.3, -0.25) is 9.78 Å². The van der Waals surface area contributed by atoms with E-state index in [9.17, 15) is 9.18 Å². The molecule has 0 amide bonds. The topological polar surface area (TPSA) is 82.7 Å². The van der Waals surface area contributed by atoms with Gasteiger partial charge in [-0.15, -0.1) is 0 Å². The van der Waals surface area contributed by atoms with Gasteiger partial charge in [0.2, 0.25) is 0 Å². The number of halogens is 1. The van der Waals surface area contributed by atoms with Gasteiger partial charge in [-0.1, -0.05) is 18.2 Å². The van der Waals surface area contributed by atoms with E-state index in [-0.39, 0.29) is 12.0 Å². The molecular formula is C23H22FN5O. The van der Waals surface area contributed by atoms with Crippen molar-refractivity contribution in [3.63, 3.8) is 0 Å². The van der Waals surface area contributed by atoms with Crippen LogP contribution in [0.1, 0.15) is 29.6 Å². The molecule has 0 saturated heterocycles. The average molecular weight is 403 g/mol. The monoisotopic (exact) mass is 403 g/mol. The van der Waals surface area contributed by atoms with Crippen LogP contribution in [0.3, 0.4) is 0 Å². The van der Waals surface area contributed by atoms with Crippen LogP contribution in [-0.2, 0) is 0 Å². The molecule has 3 atom stereocenters. The molecule has 2 aliphatic rings. The molecule has 0 saturated carbocycles. The van der Waals surface area contributed by atoms with Crippen molar-refractivity contribution in [1.82, 2.24) is 20.5 Å². The molecule has 0 fully saturated rings. The summed E-state index contributed by atoms with van der Waals surface area (Å²) in [6.07, 6.45) is 11.1. The first-order chi connectivity index (χ1) is 14.7. The molecule has 3 aromatic rings. The molecular weight excluding hydrogens is 381 g/mol. The first kappa shape index (κ1) is 18.7. The lowest BCUT2D eigenvalue weighted by atomic mass is 9.77. The van der Waals surface area contributed by atoms with Crippen molar-refractivity contribution in [2.75, 3.05) is 18.9 Å². The first-order valence-electron chi connectivity index (χ1n) is 10.1. The van der Waals surface area contributed by atoms with Crippen molar-refractivity contribution < 1.29 is 4.39 Å². The predicted molar refractivity (Wildman–Crippen MR) is 115 cm³/mol. The van der Waals surface area contributed by atoms with Crippen molar-refractivity contribution in [2.24, 2.45) is 5.92 Å². The normalized spacial score (nSPS) is 22.6. The molecule has 3 heterocycles. The second-order valence-corrected chi connectivity index (χ2v) is 7.82. The average Bonchev–Trinajstić information content (AvgIpc) is 2.76. The highest BCUT2D eigenvalue weighted by Gasteiger charge is 2.36. The van der Waals surface area contributed by atoms with Gasteiger partial charge in [0.05, 0.1) is 23.0 Å². The first-order valence-corrected chi connectivity index (χ1v) is 10.1. The van der Waals surface area contributed by atoms with Gasteiger partial charge in [-0.25, -0.2) is 9.49 Å². The predicted octanol–water partition coefficient (Wildman–Crippen LogP) is 3.43. The van der Waals surface area contributed by atoms with Crippen molar-refractivity contribution in [2.45, 2.75) is 18.4 Å². The van der Waals surface area contributed by atoms with Crippen LogP contribution < -0.4 is 16.2 Å². The maximum atomic E-state index is 14.3. The van der Waals surface area contributed by atoms with E-state index in [0.717, 1.165) is 29.8 Å². The summed E-state index contributed by atoms with van der Waals surface area (Å²) in [5.41, 5.74) is 3.10. The SMILES string of the molecule is CNCC1C=C(C2c3n[nH]c(=O)c4cc(F)cc(c34)NC2c2ccncc2)C=CC1. The molecule has 7 heteroatoms. The molecule has 6 nitrogen and oxygen atoms in total. The van der Waals surface area contributed by atoms with Gasteiger partial charge in [-0.2, -0.15) is 5.10 Å². The Morgan fingerprint density at radius 1 is 1.27 bits per heavy atom. The Balaban J connectivity index is 1.75. The standard InChI is InChI=1S/C23H22FN5O/c1-25-12-13-3-2-4-15(9-13)19-21(14-5-7-26-8-6-14)27-18-11-16(24)10-17-20(18)22(19)28-29-23(17)30/h2,4-11,13,19,21,25,27H,3,12H2,1H3,(H,29,30). The number of hydrogen-bond donors (Lipinski definition) is 3. The highest BCUT2D eigenvalue weighted by molar-refractivity contribution is 5.97. The highest BCUT2D eigenvalue weighted by atomic mass is 19.1. The molecule has 1 aliphatic heterocycles. The van der Waals surface area contributed by atoms with E-state index < -0.39 is 11.4 Å². The number of pyridine rings is 1. The van der Waals surface area contributed by atoms with Gasteiger partial charge in [-0.05, 0) is 54.8 Å². The third-order valence-corrected chi connectivity index (χ3v) is 5.89. The number of aromatic nitrogens is 3. The lowest BCUT2D eigenvalue weighted by molar-refractivity contribution is 0.574. The Morgan fingerprint density at radius 2 is 2.10 bits per heavy atom. The van der Waals surface area contributed by atoms with E-state index in [1.165, 1.54) is 12.1 Å². The van der Waals surface area contributed by atoms with Gasteiger partial charge in [0.25, 0.3) is 5.56 Å². The zero-order chi connectivity index (χ0) is 20.7. The van der Waals surface area contributed by atoms with Crippen LogP contribution in [-0.4, -0.2) is 28.8 Å². The molecule has 30 heavy (non-hydrogen) atoms. The van der Waals surface area contributed by atoms with E-state index in [1.54, 1.807) is 12.4 Å². The van der Waals surface area contributed by atoms with Crippen molar-refractivity contribution >= 4 is 16.5 Å². The summed E-state index contributed by atoms with van der Waals surface area (Å²) in [4.78, 5) is 16.5. The summed E-state index contributed by atoms with van der Waals surface area (Å²) in [6, 6.07) is 6.45. The van der Waals surface area contributed by atoms with Crippen LogP contribution in [0, 0.1) is 11.7 Å². The zero-order valence-electron chi connectivity index (χ0n) is 16.5. The number of nitrogens with one attached hydrogen (secondary N) is 3. The fourth-order valence-corrected chi connectivity index (χ4v) is 4.62. The number of aromatic amines is 1. The lowest BCUT2D eigenvalue weighted by Crippen LogP contribution is -2.29. The van der Waals surface area contributed by atoms with Crippen molar-refractivity contribution in [3.05, 3.63) is 87.9 Å². The van der Waals surface area contributed by atoms with Gasteiger partial charge < -0.3 is 10.6 Å². The lowest BCUT2D eigenvalue weighted by Gasteiger charge is -2.36. The molecule has 1 aromatic carbocycles. The summed E-state index contributed by atoms with van der Waals surface area (Å²) < 4.78 is 14.3. The van der Waals surface area contributed by atoms with Gasteiger partial charge in [0, 0.05) is 30.0 Å². The molecule has 0 radical (unpaired) electrons. The summed E-state index contributed by atoms with van der Waals surface area (Å²) in [5, 5.41) is 14.8. The highest BCUT2D eigenvalue weighted by Crippen LogP contribution is 2.47. The minimum Gasteiger partial charge on any atom is -0.377 e. The Morgan fingerprint density at radius 3 is 2.90 bits per heavy atom. The minimum atomic E-state index is -0.453. The smallest absolute Gasteiger partial charge is 0.272 e. The van der Waals surface area contributed by atoms with E-state index in [2.05, 4.69) is 44.0 Å². The third-order valence-electron chi connectivity index (χ3n) is 5.89. The van der Waals surface area contributed by atoms with Crippen LogP contribution in [0.4, 0.5) is 10.1 Å². The summed E-state index contributed by atoms with van der Waals surface area (Å²) in [5.74, 6) is -0.216. The summed E-state index contributed by atoms with van der Waals surface area (Å²) in [7, 11) is 1.95. The van der Waals surface area contributed by atoms with Crippen LogP contribution in [0.15, 0.2) is 65.3 Å². The fraction of sp³-hybridized carbons (Fsp3) is 0.261. The van der Waals surface area contributed by atoms with Gasteiger partial charge in [0.1, 0.15) is 5.82 Å². The quantitative estimate of drug-likeness (QED) is 0.622. The number of anilines is 1. The Labute approximate surface area is 172 Å². The van der Waals surface area contributed by atoms with Crippen LogP contribution in [0.2, 0.25) is 0 Å². The number of rotatable bonds is 4. The van der Waals surface area contributed by atoms with E-state index in [4.69, 9.17) is 0 Å². The zero-order valence-corrected chi connectivity index (χ0v) is 16.5. The molecule has 3 unspecified atom stereocenters. The van der Waals surface area contributed by atoms with E-state index in [1.807, 2.05) is 19.2 Å². The molecule has 0 spiro atoms. The second-order valence-electron chi connectivity index (χ2n) is 7.82. The molecule has 5 rings (SSSR count). The molecule has 1 aliphatic carbocycles. The van der Waals surface area contributed by atoms with Gasteiger partial charge in [0.15, 0.2) is 0 Å². The Bertz CT molecular complexity index is 1220. The van der Waals surface area contributed by atoms with Crippen LogP contribution in [0.5, 0.6) is 0 Å². The maximum absolute atomic E-state index is 14.3. The van der Waals surface area contributed by atoms with E-state index >= 15 is 0 Å². The Kier molecular flexibility index (Phi) is 4.67. The Hall–Kier alpha value is -3.32. The number of allylic oxidation sites excluding steroid dienone is 2. The number of nitrogens with zero attached hydrogens (tertiary/aromatic N) is 2. The summed E-state index contributed by atoms with van der Waals surface area (Å²) in [6.45, 7) is 0.879. The van der Waals surface area contributed by atoms with E-state index in [0.29, 0.717) is 22.4 Å². The van der Waals surface area contributed by atoms with Crippen LogP contribution in [0.25, 0.3) is 10.8 Å². The van der Waals surface area contributed by atoms with Crippen molar-refractivity contribution in [3.8, 4) is 0 Å². The maximum Gasteiger partial charge on any atom is 0.272 e. The number of benzene rings is 1. The number of H-pyrrole nitrogens is 1. The van der Waals surface area contributed by atoms with Crippen LogP contribution >= 0.6 is 0 Å². The molecule has 3 N–H and O–H groups in total.